The van der Waals surface area contributed by atoms with Crippen molar-refractivity contribution in [2.75, 3.05) is 27.2 Å². The van der Waals surface area contributed by atoms with Crippen LogP contribution in [-0.4, -0.2) is 92.5 Å². The van der Waals surface area contributed by atoms with Crippen LogP contribution in [0, 0.1) is 11.8 Å². The first kappa shape index (κ1) is 29.8. The van der Waals surface area contributed by atoms with E-state index in [-0.39, 0.29) is 42.6 Å². The average Bonchev–Trinajstić information content (AvgIpc) is 3.60. The predicted octanol–water partition coefficient (Wildman–Crippen LogP) is 3.02. The van der Waals surface area contributed by atoms with E-state index in [9.17, 15) is 38.8 Å². The molecule has 1 amide bonds. The topological polar surface area (TPSA) is 160 Å². The fourth-order valence-electron chi connectivity index (χ4n) is 8.21. The molecule has 5 atom stereocenters. The standard InChI is InChI=1S/C33H35F2N3O7/c1-37(2)26-21-14-18-13-20-19(17-5-3-16(4-6-17)15-38-11-9-31(34,35)10-12-38)7-8-22(39)24(20)27(40)23(18)29(42)32(21)33(44,45-32)25(28(26)41)30(36)43/h3-8,18,21,26,39-41,44H,9-15H2,1-2H3,(H2,36,43)/t18-,21-,26-,32-,33?/m0/s1. The number of piperidine rings is 1. The molecule has 1 unspecified atom stereocenters. The number of hydrogen-bond donors (Lipinski definition) is 5. The molecule has 0 aromatic heterocycles. The molecule has 2 heterocycles. The maximum absolute atomic E-state index is 14.2. The number of halogens is 2. The van der Waals surface area contributed by atoms with Crippen LogP contribution in [0.3, 0.4) is 0 Å². The number of benzene rings is 2. The smallest absolute Gasteiger partial charge is 0.253 e. The van der Waals surface area contributed by atoms with Gasteiger partial charge in [0, 0.05) is 44.0 Å². The fraction of sp³-hybridized carbons (Fsp3) is 0.455. The summed E-state index contributed by atoms with van der Waals surface area (Å²) in [5, 5.41) is 45.0. The summed E-state index contributed by atoms with van der Waals surface area (Å²) in [6, 6.07) is 10.0. The normalized spacial score (nSPS) is 32.1. The maximum Gasteiger partial charge on any atom is 0.253 e. The lowest BCUT2D eigenvalue weighted by molar-refractivity contribution is -0.127. The minimum atomic E-state index is -2.61. The molecule has 10 nitrogen and oxygen atoms in total. The second-order valence-corrected chi connectivity index (χ2v) is 13.2. The van der Waals surface area contributed by atoms with Gasteiger partial charge in [0.1, 0.15) is 22.8 Å². The molecular weight excluding hydrogens is 588 g/mol. The molecule has 2 aromatic carbocycles. The van der Waals surface area contributed by atoms with Crippen LogP contribution in [0.2, 0.25) is 0 Å². The molecular formula is C33H35F2N3O7. The predicted molar refractivity (Wildman–Crippen MR) is 158 cm³/mol. The number of rotatable bonds is 5. The summed E-state index contributed by atoms with van der Waals surface area (Å²) < 4.78 is 32.8. The Morgan fingerprint density at radius 2 is 1.76 bits per heavy atom. The first-order valence-corrected chi connectivity index (χ1v) is 15.0. The highest BCUT2D eigenvalue weighted by atomic mass is 19.3. The van der Waals surface area contributed by atoms with E-state index >= 15 is 0 Å². The Balaban J connectivity index is 1.25. The number of likely N-dealkylation sites (N-methyl/N-ethyl adjacent to an activating group) is 1. The number of epoxide rings is 1. The first-order valence-electron chi connectivity index (χ1n) is 15.0. The number of phenols is 1. The van der Waals surface area contributed by atoms with Gasteiger partial charge in [0.25, 0.3) is 11.8 Å². The Labute approximate surface area is 258 Å². The van der Waals surface area contributed by atoms with E-state index < -0.39 is 64.0 Å². The first-order chi connectivity index (χ1) is 21.2. The molecule has 1 spiro atoms. The second-order valence-electron chi connectivity index (χ2n) is 13.2. The number of hydrogen-bond acceptors (Lipinski definition) is 9. The largest absolute Gasteiger partial charge is 0.510 e. The van der Waals surface area contributed by atoms with Crippen LogP contribution in [0.25, 0.3) is 16.9 Å². The number of ketones is 1. The molecule has 7 rings (SSSR count). The van der Waals surface area contributed by atoms with E-state index in [4.69, 9.17) is 10.5 Å². The number of nitrogens with zero attached hydrogens (tertiary/aromatic N) is 2. The highest BCUT2D eigenvalue weighted by molar-refractivity contribution is 6.14. The molecule has 238 valence electrons. The van der Waals surface area contributed by atoms with Gasteiger partial charge in [-0.3, -0.25) is 19.4 Å². The Morgan fingerprint density at radius 1 is 1.09 bits per heavy atom. The van der Waals surface area contributed by atoms with Crippen molar-refractivity contribution in [2.45, 2.75) is 55.6 Å². The molecule has 1 saturated carbocycles. The number of aliphatic hydroxyl groups excluding tert-OH is 2. The van der Waals surface area contributed by atoms with Crippen molar-refractivity contribution in [3.8, 4) is 16.9 Å². The number of likely N-dealkylation sites (tertiary alicyclic amines) is 1. The van der Waals surface area contributed by atoms with Gasteiger partial charge >= 0.3 is 0 Å². The van der Waals surface area contributed by atoms with Crippen LogP contribution in [0.15, 0.2) is 53.3 Å². The molecule has 12 heteroatoms. The third-order valence-corrected chi connectivity index (χ3v) is 10.4. The molecule has 0 bridgehead atoms. The quantitative estimate of drug-likeness (QED) is 0.316. The van der Waals surface area contributed by atoms with Crippen molar-refractivity contribution in [3.63, 3.8) is 0 Å². The van der Waals surface area contributed by atoms with Crippen molar-refractivity contribution in [1.29, 1.82) is 0 Å². The second kappa shape index (κ2) is 9.83. The number of aliphatic hydroxyl groups is 3. The molecule has 45 heavy (non-hydrogen) atoms. The number of carbonyl (C=O) groups excluding carboxylic acids is 2. The van der Waals surface area contributed by atoms with E-state index in [1.165, 1.54) is 6.07 Å². The lowest BCUT2D eigenvalue weighted by Crippen LogP contribution is -2.60. The van der Waals surface area contributed by atoms with Gasteiger partial charge in [-0.05, 0) is 61.2 Å². The number of aromatic hydroxyl groups is 1. The van der Waals surface area contributed by atoms with Crippen LogP contribution in [-0.2, 0) is 27.3 Å². The number of Topliss-reactive ketones (excluding diaryl/α,β-unsaturated/α-hetero) is 1. The zero-order valence-corrected chi connectivity index (χ0v) is 24.9. The Hall–Kier alpha value is -3.84. The highest BCUT2D eigenvalue weighted by Gasteiger charge is 2.86. The number of alkyl halides is 2. The zero-order chi connectivity index (χ0) is 32.2. The lowest BCUT2D eigenvalue weighted by Gasteiger charge is -2.46. The Kier molecular flexibility index (Phi) is 6.52. The maximum atomic E-state index is 14.2. The van der Waals surface area contributed by atoms with Gasteiger partial charge in [-0.15, -0.1) is 0 Å². The van der Waals surface area contributed by atoms with Crippen LogP contribution >= 0.6 is 0 Å². The summed E-state index contributed by atoms with van der Waals surface area (Å²) in [6.45, 7) is 1.20. The third-order valence-electron chi connectivity index (χ3n) is 10.4. The summed E-state index contributed by atoms with van der Waals surface area (Å²) in [4.78, 5) is 30.2. The summed E-state index contributed by atoms with van der Waals surface area (Å²) in [5.74, 6) is -9.29. The minimum absolute atomic E-state index is 0.00713. The molecule has 3 aliphatic carbocycles. The van der Waals surface area contributed by atoms with E-state index in [1.807, 2.05) is 29.2 Å². The monoisotopic (exact) mass is 623 g/mol. The Bertz CT molecular complexity index is 1690. The zero-order valence-electron chi connectivity index (χ0n) is 24.9. The van der Waals surface area contributed by atoms with Gasteiger partial charge in [-0.25, -0.2) is 8.78 Å². The van der Waals surface area contributed by atoms with E-state index in [0.29, 0.717) is 25.2 Å². The van der Waals surface area contributed by atoms with E-state index in [2.05, 4.69) is 0 Å². The minimum Gasteiger partial charge on any atom is -0.510 e. The van der Waals surface area contributed by atoms with Gasteiger partial charge in [0.2, 0.25) is 11.6 Å². The number of primary amides is 1. The summed E-state index contributed by atoms with van der Waals surface area (Å²) in [7, 11) is 3.34. The van der Waals surface area contributed by atoms with Gasteiger partial charge in [0.15, 0.2) is 5.60 Å². The molecule has 0 radical (unpaired) electrons. The molecule has 3 fully saturated rings. The molecule has 2 aromatic rings. The number of amides is 1. The summed E-state index contributed by atoms with van der Waals surface area (Å²) >= 11 is 0. The summed E-state index contributed by atoms with van der Waals surface area (Å²) in [6.07, 6.45) is 0.178. The van der Waals surface area contributed by atoms with Crippen molar-refractivity contribution in [1.82, 2.24) is 9.80 Å². The number of nitrogens with two attached hydrogens (primary N) is 1. The SMILES string of the molecule is CN(C)[C@@H]1C(O)=C(C(N)=O)C2(O)O[C@@]23C(=O)C2=C(O)c4c(O)ccc(-c5ccc(CN6CCC(F)(F)CC6)cc5)c4C[C@H]2C[C@@H]13. The van der Waals surface area contributed by atoms with Crippen LogP contribution in [0.5, 0.6) is 5.75 Å². The summed E-state index contributed by atoms with van der Waals surface area (Å²) in [5.41, 5.74) is 6.28. The van der Waals surface area contributed by atoms with Gasteiger partial charge < -0.3 is 30.9 Å². The van der Waals surface area contributed by atoms with E-state index in [1.54, 1.807) is 25.1 Å². The molecule has 5 aliphatic rings. The number of phenolic OH excluding ortho intramolecular Hbond substituents is 1. The lowest BCUT2D eigenvalue weighted by atomic mass is 9.58. The van der Waals surface area contributed by atoms with Crippen LogP contribution in [0.1, 0.15) is 36.0 Å². The average molecular weight is 624 g/mol. The van der Waals surface area contributed by atoms with Gasteiger partial charge in [-0.1, -0.05) is 30.3 Å². The molecule has 6 N–H and O–H groups in total. The number of ether oxygens (including phenoxy) is 1. The van der Waals surface area contributed by atoms with Crippen molar-refractivity contribution in [3.05, 3.63) is 70.0 Å². The van der Waals surface area contributed by atoms with Crippen LogP contribution < -0.4 is 5.73 Å². The van der Waals surface area contributed by atoms with Gasteiger partial charge in [-0.2, -0.15) is 0 Å². The molecule has 2 aliphatic heterocycles. The Morgan fingerprint density at radius 3 is 2.38 bits per heavy atom. The third kappa shape index (κ3) is 4.19. The van der Waals surface area contributed by atoms with Crippen molar-refractivity contribution >= 4 is 17.4 Å². The van der Waals surface area contributed by atoms with E-state index in [0.717, 1.165) is 16.7 Å². The van der Waals surface area contributed by atoms with Gasteiger partial charge in [0.05, 0.1) is 11.6 Å². The highest BCUT2D eigenvalue weighted by Crippen LogP contribution is 2.67. The number of fused-ring (bicyclic) bond motifs is 2. The molecule has 2 saturated heterocycles. The van der Waals surface area contributed by atoms with Crippen LogP contribution in [0.4, 0.5) is 8.78 Å². The van der Waals surface area contributed by atoms with Crippen molar-refractivity contribution in [2.24, 2.45) is 17.6 Å². The van der Waals surface area contributed by atoms with Crippen molar-refractivity contribution < 1.29 is 43.5 Å². The number of carbonyl (C=O) groups is 2. The fourth-order valence-corrected chi connectivity index (χ4v) is 8.21.